The van der Waals surface area contributed by atoms with Crippen LogP contribution in [0.3, 0.4) is 0 Å². The molecule has 0 radical (unpaired) electrons. The lowest BCUT2D eigenvalue weighted by Crippen LogP contribution is -2.42. The molecule has 1 aliphatic heterocycles. The maximum atomic E-state index is 13.2. The van der Waals surface area contributed by atoms with E-state index in [1.54, 1.807) is 6.07 Å². The molecule has 1 saturated heterocycles. The highest BCUT2D eigenvalue weighted by molar-refractivity contribution is 7.89. The van der Waals surface area contributed by atoms with Crippen molar-refractivity contribution in [1.29, 1.82) is 0 Å². The monoisotopic (exact) mass is 383 g/mol. The van der Waals surface area contributed by atoms with Gasteiger partial charge in [0.25, 0.3) is 5.91 Å². The molecule has 2 atom stereocenters. The molecule has 1 amide bonds. The molecule has 2 rings (SSSR count). The number of carbonyl (C=O) groups is 1. The third-order valence-electron chi connectivity index (χ3n) is 4.55. The Labute approximate surface area is 155 Å². The Morgan fingerprint density at radius 2 is 1.96 bits per heavy atom. The van der Waals surface area contributed by atoms with Gasteiger partial charge in [-0.2, -0.15) is 4.31 Å². The standard InChI is InChI=1S/C18H29N3O4S/c1-13-9-14(2)12-21(11-13)26(23,24)17-10-15(5-6-16(17)25-3)18(22)20-8-4-7-19/h5-6,10,13-14H,4,7-9,11-12,19H2,1-3H3,(H,20,22). The van der Waals surface area contributed by atoms with Gasteiger partial charge in [0.2, 0.25) is 10.0 Å². The summed E-state index contributed by atoms with van der Waals surface area (Å²) >= 11 is 0. The van der Waals surface area contributed by atoms with Crippen molar-refractivity contribution in [2.45, 2.75) is 31.6 Å². The van der Waals surface area contributed by atoms with E-state index in [0.29, 0.717) is 50.0 Å². The Balaban J connectivity index is 2.33. The van der Waals surface area contributed by atoms with Crippen LogP contribution in [-0.4, -0.2) is 51.9 Å². The summed E-state index contributed by atoms with van der Waals surface area (Å²) in [5.41, 5.74) is 5.72. The second-order valence-electron chi connectivity index (χ2n) is 7.03. The van der Waals surface area contributed by atoms with Crippen molar-refractivity contribution in [3.8, 4) is 5.75 Å². The van der Waals surface area contributed by atoms with Crippen molar-refractivity contribution in [2.75, 3.05) is 33.3 Å². The molecule has 0 saturated carbocycles. The van der Waals surface area contributed by atoms with Gasteiger partial charge in [-0.3, -0.25) is 4.79 Å². The highest BCUT2D eigenvalue weighted by Gasteiger charge is 2.34. The number of piperidine rings is 1. The zero-order valence-electron chi connectivity index (χ0n) is 15.7. The molecular weight excluding hydrogens is 354 g/mol. The SMILES string of the molecule is COc1ccc(C(=O)NCCCN)cc1S(=O)(=O)N1CC(C)CC(C)C1. The minimum absolute atomic E-state index is 0.0350. The van der Waals surface area contributed by atoms with Gasteiger partial charge in [-0.15, -0.1) is 0 Å². The smallest absolute Gasteiger partial charge is 0.251 e. The highest BCUT2D eigenvalue weighted by atomic mass is 32.2. The maximum absolute atomic E-state index is 13.2. The van der Waals surface area contributed by atoms with Crippen molar-refractivity contribution in [3.05, 3.63) is 23.8 Å². The zero-order chi connectivity index (χ0) is 19.3. The van der Waals surface area contributed by atoms with Gasteiger partial charge in [0.15, 0.2) is 0 Å². The molecule has 0 aliphatic carbocycles. The Kier molecular flexibility index (Phi) is 7.02. The van der Waals surface area contributed by atoms with Crippen molar-refractivity contribution in [3.63, 3.8) is 0 Å². The quantitative estimate of drug-likeness (QED) is 0.694. The summed E-state index contributed by atoms with van der Waals surface area (Å²) in [6, 6.07) is 4.49. The van der Waals surface area contributed by atoms with E-state index in [9.17, 15) is 13.2 Å². The second kappa shape index (κ2) is 8.83. The van der Waals surface area contributed by atoms with E-state index >= 15 is 0 Å². The van der Waals surface area contributed by atoms with Crippen molar-refractivity contribution < 1.29 is 17.9 Å². The number of hydrogen-bond donors (Lipinski definition) is 2. The van der Waals surface area contributed by atoms with Gasteiger partial charge in [0, 0.05) is 25.2 Å². The van der Waals surface area contributed by atoms with Gasteiger partial charge in [-0.25, -0.2) is 8.42 Å². The predicted octanol–water partition coefficient (Wildman–Crippen LogP) is 1.44. The maximum Gasteiger partial charge on any atom is 0.251 e. The summed E-state index contributed by atoms with van der Waals surface area (Å²) in [7, 11) is -2.32. The lowest BCUT2D eigenvalue weighted by molar-refractivity contribution is 0.0953. The van der Waals surface area contributed by atoms with E-state index in [1.807, 2.05) is 0 Å². The molecule has 0 aromatic heterocycles. The van der Waals surface area contributed by atoms with Gasteiger partial charge in [-0.1, -0.05) is 13.8 Å². The second-order valence-corrected chi connectivity index (χ2v) is 8.94. The molecule has 7 nitrogen and oxygen atoms in total. The summed E-state index contributed by atoms with van der Waals surface area (Å²) in [5, 5.41) is 2.74. The summed E-state index contributed by atoms with van der Waals surface area (Å²) in [6.45, 7) is 5.98. The van der Waals surface area contributed by atoms with Crippen LogP contribution >= 0.6 is 0 Å². The van der Waals surface area contributed by atoms with Crippen LogP contribution in [0.4, 0.5) is 0 Å². The molecular formula is C18H29N3O4S. The van der Waals surface area contributed by atoms with Gasteiger partial charge in [-0.05, 0) is 49.4 Å². The highest BCUT2D eigenvalue weighted by Crippen LogP contribution is 2.32. The van der Waals surface area contributed by atoms with Crippen LogP contribution in [0.1, 0.15) is 37.0 Å². The summed E-state index contributed by atoms with van der Waals surface area (Å²) in [4.78, 5) is 12.3. The number of nitrogens with two attached hydrogens (primary N) is 1. The van der Waals surface area contributed by atoms with E-state index in [2.05, 4.69) is 19.2 Å². The number of ether oxygens (including phenoxy) is 1. The first-order chi connectivity index (χ1) is 12.3. The topological polar surface area (TPSA) is 102 Å². The molecule has 1 fully saturated rings. The molecule has 0 spiro atoms. The fourth-order valence-corrected chi connectivity index (χ4v) is 5.23. The number of benzene rings is 1. The van der Waals surface area contributed by atoms with E-state index in [-0.39, 0.29) is 16.6 Å². The van der Waals surface area contributed by atoms with E-state index in [0.717, 1.165) is 6.42 Å². The summed E-state index contributed by atoms with van der Waals surface area (Å²) in [5.74, 6) is 0.511. The summed E-state index contributed by atoms with van der Waals surface area (Å²) < 4.78 is 33.1. The fraction of sp³-hybridized carbons (Fsp3) is 0.611. The first-order valence-electron chi connectivity index (χ1n) is 8.96. The first kappa shape index (κ1) is 20.7. The third kappa shape index (κ3) is 4.75. The first-order valence-corrected chi connectivity index (χ1v) is 10.4. The molecule has 26 heavy (non-hydrogen) atoms. The van der Waals surface area contributed by atoms with Crippen molar-refractivity contribution >= 4 is 15.9 Å². The lowest BCUT2D eigenvalue weighted by Gasteiger charge is -2.34. The van der Waals surface area contributed by atoms with Crippen LogP contribution in [0.25, 0.3) is 0 Å². The molecule has 1 aromatic carbocycles. The molecule has 3 N–H and O–H groups in total. The van der Waals surface area contributed by atoms with E-state index < -0.39 is 10.0 Å². The molecule has 1 aliphatic rings. The summed E-state index contributed by atoms with van der Waals surface area (Å²) in [6.07, 6.45) is 1.67. The molecule has 8 heteroatoms. The lowest BCUT2D eigenvalue weighted by atomic mass is 9.94. The van der Waals surface area contributed by atoms with E-state index in [4.69, 9.17) is 10.5 Å². The average Bonchev–Trinajstić information content (AvgIpc) is 2.60. The number of amides is 1. The number of nitrogens with zero attached hydrogens (tertiary/aromatic N) is 1. The number of methoxy groups -OCH3 is 1. The Hall–Kier alpha value is -1.64. The molecule has 146 valence electrons. The van der Waals surface area contributed by atoms with Gasteiger partial charge < -0.3 is 15.8 Å². The largest absolute Gasteiger partial charge is 0.495 e. The van der Waals surface area contributed by atoms with Gasteiger partial charge >= 0.3 is 0 Å². The minimum Gasteiger partial charge on any atom is -0.495 e. The molecule has 0 bridgehead atoms. The van der Waals surface area contributed by atoms with Gasteiger partial charge in [0.1, 0.15) is 10.6 Å². The fourth-order valence-electron chi connectivity index (χ4n) is 3.37. The normalized spacial score (nSPS) is 21.4. The van der Waals surface area contributed by atoms with Crippen LogP contribution in [0.2, 0.25) is 0 Å². The molecule has 1 aromatic rings. The number of carbonyl (C=O) groups excluding carboxylic acids is 1. The number of sulfonamides is 1. The Morgan fingerprint density at radius 1 is 1.31 bits per heavy atom. The van der Waals surface area contributed by atoms with Crippen LogP contribution in [0.5, 0.6) is 5.75 Å². The Morgan fingerprint density at radius 3 is 2.54 bits per heavy atom. The molecule has 2 unspecified atom stereocenters. The Bertz CT molecular complexity index is 726. The minimum atomic E-state index is -3.74. The molecule has 1 heterocycles. The van der Waals surface area contributed by atoms with Gasteiger partial charge in [0.05, 0.1) is 7.11 Å². The number of rotatable bonds is 7. The van der Waals surface area contributed by atoms with Crippen LogP contribution in [-0.2, 0) is 10.0 Å². The van der Waals surface area contributed by atoms with E-state index in [1.165, 1.54) is 23.5 Å². The zero-order valence-corrected chi connectivity index (χ0v) is 16.5. The van der Waals surface area contributed by atoms with Crippen LogP contribution in [0, 0.1) is 11.8 Å². The third-order valence-corrected chi connectivity index (χ3v) is 6.40. The van der Waals surface area contributed by atoms with Crippen molar-refractivity contribution in [2.24, 2.45) is 17.6 Å². The number of nitrogens with one attached hydrogen (secondary N) is 1. The van der Waals surface area contributed by atoms with Crippen molar-refractivity contribution in [1.82, 2.24) is 9.62 Å². The van der Waals surface area contributed by atoms with Crippen LogP contribution < -0.4 is 15.8 Å². The predicted molar refractivity (Wildman–Crippen MR) is 101 cm³/mol. The average molecular weight is 384 g/mol. The van der Waals surface area contributed by atoms with Crippen LogP contribution in [0.15, 0.2) is 23.1 Å². The number of hydrogen-bond acceptors (Lipinski definition) is 5.